The zero-order valence-electron chi connectivity index (χ0n) is 12.4. The van der Waals surface area contributed by atoms with Crippen LogP contribution in [-0.4, -0.2) is 34.6 Å². The molecule has 0 aliphatic carbocycles. The third-order valence-corrected chi connectivity index (χ3v) is 2.53. The van der Waals surface area contributed by atoms with Crippen molar-refractivity contribution < 1.29 is 9.47 Å². The topological polar surface area (TPSA) is 101 Å². The zero-order chi connectivity index (χ0) is 15.8. The van der Waals surface area contributed by atoms with Crippen molar-refractivity contribution in [3.05, 3.63) is 40.3 Å². The summed E-state index contributed by atoms with van der Waals surface area (Å²) in [6, 6.07) is 5.48. The Hall–Kier alpha value is -2.90. The van der Waals surface area contributed by atoms with E-state index in [1.165, 1.54) is 0 Å². The smallest absolute Gasteiger partial charge is 0.271 e. The Morgan fingerprint density at radius 2 is 2.05 bits per heavy atom. The molecule has 22 heavy (non-hydrogen) atoms. The summed E-state index contributed by atoms with van der Waals surface area (Å²) in [7, 11) is 0. The minimum absolute atomic E-state index is 0.166. The lowest BCUT2D eigenvalue weighted by molar-refractivity contribution is 0.288. The Morgan fingerprint density at radius 1 is 1.27 bits per heavy atom. The molecule has 0 saturated carbocycles. The molecule has 1 aromatic heterocycles. The second-order valence-corrected chi connectivity index (χ2v) is 4.12. The number of hydrogen-bond donors (Lipinski definition) is 2. The number of ether oxygens (including phenoxy) is 2. The van der Waals surface area contributed by atoms with E-state index in [0.29, 0.717) is 24.7 Å². The van der Waals surface area contributed by atoms with Crippen LogP contribution in [0.2, 0.25) is 0 Å². The normalized spacial score (nSPS) is 10.6. The van der Waals surface area contributed by atoms with E-state index in [1.54, 1.807) is 6.21 Å². The van der Waals surface area contributed by atoms with Crippen molar-refractivity contribution in [2.24, 2.45) is 5.10 Å². The van der Waals surface area contributed by atoms with Gasteiger partial charge in [-0.1, -0.05) is 0 Å². The van der Waals surface area contributed by atoms with Gasteiger partial charge in [-0.05, 0) is 37.6 Å². The van der Waals surface area contributed by atoms with Crippen molar-refractivity contribution in [3.8, 4) is 11.5 Å². The van der Waals surface area contributed by atoms with Crippen molar-refractivity contribution in [1.29, 1.82) is 0 Å². The molecule has 0 saturated heterocycles. The van der Waals surface area contributed by atoms with Crippen LogP contribution in [0.15, 0.2) is 34.3 Å². The van der Waals surface area contributed by atoms with Gasteiger partial charge in [-0.2, -0.15) is 5.10 Å². The Morgan fingerprint density at radius 3 is 2.77 bits per heavy atom. The molecule has 0 aliphatic heterocycles. The van der Waals surface area contributed by atoms with E-state index >= 15 is 0 Å². The number of anilines is 1. The quantitative estimate of drug-likeness (QED) is 0.592. The van der Waals surface area contributed by atoms with Crippen LogP contribution in [0.25, 0.3) is 0 Å². The number of nitrogens with one attached hydrogen (secondary N) is 2. The van der Waals surface area contributed by atoms with Gasteiger partial charge in [0.1, 0.15) is 6.20 Å². The van der Waals surface area contributed by atoms with Crippen LogP contribution in [0.1, 0.15) is 19.4 Å². The largest absolute Gasteiger partial charge is 0.490 e. The van der Waals surface area contributed by atoms with Crippen LogP contribution < -0.4 is 20.5 Å². The fourth-order valence-corrected chi connectivity index (χ4v) is 1.68. The van der Waals surface area contributed by atoms with Crippen LogP contribution in [0.4, 0.5) is 5.95 Å². The molecule has 0 bridgehead atoms. The molecule has 2 rings (SSSR count). The molecule has 0 amide bonds. The standard InChI is InChI=1S/C14H17N5O3/c1-3-21-11-6-5-10(7-12(11)22-4-2)8-15-18-14-17-13(20)9-16-19-14/h5-9H,3-4H2,1-2H3,(H2,17,18,19,20)/b15-8+. The van der Waals surface area contributed by atoms with E-state index in [9.17, 15) is 4.79 Å². The lowest BCUT2D eigenvalue weighted by Crippen LogP contribution is -2.10. The highest BCUT2D eigenvalue weighted by atomic mass is 16.5. The molecule has 8 heteroatoms. The molecule has 2 N–H and O–H groups in total. The van der Waals surface area contributed by atoms with Gasteiger partial charge in [0, 0.05) is 0 Å². The predicted molar refractivity (Wildman–Crippen MR) is 82.6 cm³/mol. The molecular formula is C14H17N5O3. The number of hydrogen-bond acceptors (Lipinski definition) is 7. The number of nitrogens with zero attached hydrogens (tertiary/aromatic N) is 3. The number of H-pyrrole nitrogens is 1. The lowest BCUT2D eigenvalue weighted by atomic mass is 10.2. The number of aromatic amines is 1. The molecule has 0 unspecified atom stereocenters. The third-order valence-electron chi connectivity index (χ3n) is 2.53. The second kappa shape index (κ2) is 7.77. The minimum atomic E-state index is -0.354. The van der Waals surface area contributed by atoms with Gasteiger partial charge >= 0.3 is 0 Å². The molecule has 0 atom stereocenters. The maximum absolute atomic E-state index is 11.1. The Balaban J connectivity index is 2.10. The summed E-state index contributed by atoms with van der Waals surface area (Å²) in [5, 5.41) is 11.2. The molecule has 116 valence electrons. The van der Waals surface area contributed by atoms with Crippen LogP contribution in [0, 0.1) is 0 Å². The lowest BCUT2D eigenvalue weighted by Gasteiger charge is -2.11. The molecule has 0 radical (unpaired) electrons. The van der Waals surface area contributed by atoms with Crippen LogP contribution in [0.5, 0.6) is 11.5 Å². The first-order valence-corrected chi connectivity index (χ1v) is 6.83. The monoisotopic (exact) mass is 303 g/mol. The highest BCUT2D eigenvalue weighted by Crippen LogP contribution is 2.27. The van der Waals surface area contributed by atoms with E-state index in [1.807, 2.05) is 32.0 Å². The maximum Gasteiger partial charge on any atom is 0.271 e. The first-order chi connectivity index (χ1) is 10.7. The Kier molecular flexibility index (Phi) is 5.47. The molecule has 1 aromatic carbocycles. The summed E-state index contributed by atoms with van der Waals surface area (Å²) in [6.45, 7) is 4.92. The molecular weight excluding hydrogens is 286 g/mol. The number of aromatic nitrogens is 3. The molecule has 2 aromatic rings. The average molecular weight is 303 g/mol. The van der Waals surface area contributed by atoms with Gasteiger partial charge in [-0.15, -0.1) is 10.2 Å². The van der Waals surface area contributed by atoms with Crippen LogP contribution >= 0.6 is 0 Å². The van der Waals surface area contributed by atoms with Gasteiger partial charge in [0.25, 0.3) is 5.56 Å². The summed E-state index contributed by atoms with van der Waals surface area (Å²) in [4.78, 5) is 13.5. The molecule has 0 spiro atoms. The van der Waals surface area contributed by atoms with Crippen molar-refractivity contribution in [2.45, 2.75) is 13.8 Å². The van der Waals surface area contributed by atoms with Crippen LogP contribution in [-0.2, 0) is 0 Å². The highest BCUT2D eigenvalue weighted by Gasteiger charge is 2.05. The van der Waals surface area contributed by atoms with Gasteiger partial charge in [0.15, 0.2) is 11.5 Å². The van der Waals surface area contributed by atoms with E-state index in [-0.39, 0.29) is 11.5 Å². The third kappa shape index (κ3) is 4.30. The first kappa shape index (κ1) is 15.5. The summed E-state index contributed by atoms with van der Waals surface area (Å²) < 4.78 is 11.0. The molecule has 0 aliphatic rings. The molecule has 1 heterocycles. The summed E-state index contributed by atoms with van der Waals surface area (Å²) in [5.74, 6) is 1.51. The van der Waals surface area contributed by atoms with Gasteiger partial charge in [0.05, 0.1) is 19.4 Å². The minimum Gasteiger partial charge on any atom is -0.490 e. The van der Waals surface area contributed by atoms with E-state index in [2.05, 4.69) is 25.7 Å². The van der Waals surface area contributed by atoms with Gasteiger partial charge in [0.2, 0.25) is 5.95 Å². The average Bonchev–Trinajstić information content (AvgIpc) is 2.50. The predicted octanol–water partition coefficient (Wildman–Crippen LogP) is 1.41. The van der Waals surface area contributed by atoms with Crippen LogP contribution in [0.3, 0.4) is 0 Å². The summed E-state index contributed by atoms with van der Waals surface area (Å²) in [5.41, 5.74) is 3.05. The summed E-state index contributed by atoms with van der Waals surface area (Å²) in [6.07, 6.45) is 2.65. The van der Waals surface area contributed by atoms with E-state index in [4.69, 9.17) is 9.47 Å². The fraction of sp³-hybridized carbons (Fsp3) is 0.286. The van der Waals surface area contributed by atoms with Gasteiger partial charge in [-0.3, -0.25) is 9.78 Å². The van der Waals surface area contributed by atoms with Crippen molar-refractivity contribution >= 4 is 12.2 Å². The maximum atomic E-state index is 11.1. The molecule has 0 fully saturated rings. The van der Waals surface area contributed by atoms with E-state index < -0.39 is 0 Å². The van der Waals surface area contributed by atoms with Crippen molar-refractivity contribution in [2.75, 3.05) is 18.6 Å². The van der Waals surface area contributed by atoms with Gasteiger partial charge < -0.3 is 9.47 Å². The Bertz CT molecular complexity index is 699. The fourth-order valence-electron chi connectivity index (χ4n) is 1.68. The molecule has 8 nitrogen and oxygen atoms in total. The van der Waals surface area contributed by atoms with Gasteiger partial charge in [-0.25, -0.2) is 5.43 Å². The zero-order valence-corrected chi connectivity index (χ0v) is 12.4. The number of rotatable bonds is 7. The van der Waals surface area contributed by atoms with Crippen molar-refractivity contribution in [3.63, 3.8) is 0 Å². The van der Waals surface area contributed by atoms with E-state index in [0.717, 1.165) is 11.8 Å². The van der Waals surface area contributed by atoms with Crippen molar-refractivity contribution in [1.82, 2.24) is 15.2 Å². The summed E-state index contributed by atoms with van der Waals surface area (Å²) >= 11 is 0. The Labute approximate surface area is 127 Å². The highest BCUT2D eigenvalue weighted by molar-refractivity contribution is 5.81. The number of benzene rings is 1. The number of hydrazone groups is 1. The second-order valence-electron chi connectivity index (χ2n) is 4.12. The first-order valence-electron chi connectivity index (χ1n) is 6.83. The SMILES string of the molecule is CCOc1ccc(/C=N/Nc2nncc(=O)[nH]2)cc1OCC.